The van der Waals surface area contributed by atoms with Gasteiger partial charge in [0.25, 0.3) is 5.91 Å². The molecule has 0 radical (unpaired) electrons. The Hall–Kier alpha value is -1.83. The van der Waals surface area contributed by atoms with Crippen LogP contribution in [-0.2, 0) is 4.74 Å². The summed E-state index contributed by atoms with van der Waals surface area (Å²) in [5, 5.41) is 8.72. The molecule has 0 heterocycles. The number of likely N-dealkylation sites (N-methyl/N-ethyl adjacent to an activating group) is 1. The van der Waals surface area contributed by atoms with Gasteiger partial charge in [0, 0.05) is 30.8 Å². The summed E-state index contributed by atoms with van der Waals surface area (Å²) in [6.45, 7) is 8.09. The molecule has 114 valence electrons. The molecule has 1 aromatic carbocycles. The molecule has 1 amide bonds. The second-order valence-corrected chi connectivity index (χ2v) is 4.57. The minimum absolute atomic E-state index is 0.00182. The van der Waals surface area contributed by atoms with Crippen molar-refractivity contribution in [2.24, 2.45) is 0 Å². The summed E-state index contributed by atoms with van der Waals surface area (Å²) in [7, 11) is 0. The van der Waals surface area contributed by atoms with Crippen LogP contribution in [0.5, 0.6) is 0 Å². The van der Waals surface area contributed by atoms with Crippen LogP contribution in [0.1, 0.15) is 35.3 Å². The minimum atomic E-state index is -0.166. The van der Waals surface area contributed by atoms with E-state index in [0.29, 0.717) is 31.9 Å². The number of nitrogens with zero attached hydrogens (tertiary/aromatic N) is 1. The molecule has 0 aromatic heterocycles. The van der Waals surface area contributed by atoms with E-state index in [1.165, 1.54) is 0 Å². The van der Waals surface area contributed by atoms with Crippen LogP contribution >= 0.6 is 0 Å². The fourth-order valence-corrected chi connectivity index (χ4v) is 1.98. The molecule has 4 heteroatoms. The van der Waals surface area contributed by atoms with E-state index < -0.39 is 0 Å². The Morgan fingerprint density at radius 1 is 1.38 bits per heavy atom. The zero-order chi connectivity index (χ0) is 15.7. The summed E-state index contributed by atoms with van der Waals surface area (Å²) in [6, 6.07) is 5.44. The number of hydrogen-bond donors (Lipinski definition) is 1. The van der Waals surface area contributed by atoms with Crippen molar-refractivity contribution in [1.82, 2.24) is 4.90 Å². The van der Waals surface area contributed by atoms with Crippen LogP contribution in [0.15, 0.2) is 18.2 Å². The van der Waals surface area contributed by atoms with Gasteiger partial charge in [-0.3, -0.25) is 4.79 Å². The Labute approximate surface area is 126 Å². The van der Waals surface area contributed by atoms with Crippen molar-refractivity contribution in [2.75, 3.05) is 32.9 Å². The molecule has 0 spiro atoms. The number of carbonyl (C=O) groups excluding carboxylic acids is 1. The lowest BCUT2D eigenvalue weighted by Crippen LogP contribution is -2.33. The van der Waals surface area contributed by atoms with Gasteiger partial charge in [0.05, 0.1) is 6.61 Å². The van der Waals surface area contributed by atoms with Crippen LogP contribution in [0.3, 0.4) is 0 Å². The molecular formula is C17H23NO3. The molecule has 0 atom stereocenters. The molecule has 0 aliphatic rings. The number of aliphatic hydroxyl groups is 1. The standard InChI is InChI=1S/C17H23NO3/c1-4-18(10-12-21-5-2)17(20)16-9-8-15(7-6-11-19)14(3)13-16/h8-9,13,19H,4-5,10-12H2,1-3H3. The van der Waals surface area contributed by atoms with Gasteiger partial charge in [-0.2, -0.15) is 0 Å². The van der Waals surface area contributed by atoms with Crippen LogP contribution in [0, 0.1) is 18.8 Å². The van der Waals surface area contributed by atoms with Crippen molar-refractivity contribution in [3.63, 3.8) is 0 Å². The SMILES string of the molecule is CCOCCN(CC)C(=O)c1ccc(C#CCO)c(C)c1. The summed E-state index contributed by atoms with van der Waals surface area (Å²) in [5.41, 5.74) is 2.42. The van der Waals surface area contributed by atoms with Crippen LogP contribution in [0.2, 0.25) is 0 Å². The summed E-state index contributed by atoms with van der Waals surface area (Å²) >= 11 is 0. The first-order valence-electron chi connectivity index (χ1n) is 7.21. The van der Waals surface area contributed by atoms with Gasteiger partial charge in [-0.05, 0) is 44.5 Å². The Kier molecular flexibility index (Phi) is 7.52. The third-order valence-corrected chi connectivity index (χ3v) is 3.15. The Bertz CT molecular complexity index is 529. The Morgan fingerprint density at radius 3 is 2.71 bits per heavy atom. The first-order chi connectivity index (χ1) is 10.1. The highest BCUT2D eigenvalue weighted by Gasteiger charge is 2.14. The number of aliphatic hydroxyl groups excluding tert-OH is 1. The lowest BCUT2D eigenvalue weighted by molar-refractivity contribution is 0.0669. The fourth-order valence-electron chi connectivity index (χ4n) is 1.98. The third kappa shape index (κ3) is 5.22. The fraction of sp³-hybridized carbons (Fsp3) is 0.471. The average molecular weight is 289 g/mol. The molecule has 21 heavy (non-hydrogen) atoms. The summed E-state index contributed by atoms with van der Waals surface area (Å²) < 4.78 is 5.30. The molecule has 1 rings (SSSR count). The van der Waals surface area contributed by atoms with E-state index in [9.17, 15) is 4.79 Å². The molecule has 0 saturated heterocycles. The van der Waals surface area contributed by atoms with E-state index in [0.717, 1.165) is 11.1 Å². The number of ether oxygens (including phenoxy) is 1. The van der Waals surface area contributed by atoms with Gasteiger partial charge < -0.3 is 14.7 Å². The lowest BCUT2D eigenvalue weighted by Gasteiger charge is -2.21. The third-order valence-electron chi connectivity index (χ3n) is 3.15. The van der Waals surface area contributed by atoms with Crippen LogP contribution in [-0.4, -0.2) is 48.8 Å². The molecule has 0 unspecified atom stereocenters. The molecule has 0 aliphatic carbocycles. The molecule has 1 N–H and O–H groups in total. The normalized spacial score (nSPS) is 9.90. The van der Waals surface area contributed by atoms with Gasteiger partial charge in [-0.25, -0.2) is 0 Å². The first kappa shape index (κ1) is 17.2. The van der Waals surface area contributed by atoms with E-state index in [4.69, 9.17) is 9.84 Å². The number of amides is 1. The van der Waals surface area contributed by atoms with Crippen molar-refractivity contribution in [3.8, 4) is 11.8 Å². The zero-order valence-electron chi connectivity index (χ0n) is 13.0. The van der Waals surface area contributed by atoms with Crippen LogP contribution < -0.4 is 0 Å². The van der Waals surface area contributed by atoms with Crippen molar-refractivity contribution in [3.05, 3.63) is 34.9 Å². The van der Waals surface area contributed by atoms with Crippen molar-refractivity contribution >= 4 is 5.91 Å². The molecule has 0 bridgehead atoms. The average Bonchev–Trinajstić information content (AvgIpc) is 2.50. The highest BCUT2D eigenvalue weighted by molar-refractivity contribution is 5.94. The monoisotopic (exact) mass is 289 g/mol. The van der Waals surface area contributed by atoms with Crippen molar-refractivity contribution in [1.29, 1.82) is 0 Å². The van der Waals surface area contributed by atoms with E-state index in [-0.39, 0.29) is 12.5 Å². The van der Waals surface area contributed by atoms with Crippen LogP contribution in [0.4, 0.5) is 0 Å². The first-order valence-corrected chi connectivity index (χ1v) is 7.21. The maximum Gasteiger partial charge on any atom is 0.253 e. The minimum Gasteiger partial charge on any atom is -0.384 e. The number of benzene rings is 1. The number of aryl methyl sites for hydroxylation is 1. The Balaban J connectivity index is 2.83. The van der Waals surface area contributed by atoms with Gasteiger partial charge in [0.15, 0.2) is 0 Å². The number of carbonyl (C=O) groups is 1. The molecule has 1 aromatic rings. The lowest BCUT2D eigenvalue weighted by atomic mass is 10.0. The quantitative estimate of drug-likeness (QED) is 0.642. The van der Waals surface area contributed by atoms with E-state index >= 15 is 0 Å². The summed E-state index contributed by atoms with van der Waals surface area (Å²) in [5.74, 6) is 5.49. The van der Waals surface area contributed by atoms with Gasteiger partial charge in [-0.15, -0.1) is 0 Å². The highest BCUT2D eigenvalue weighted by atomic mass is 16.5. The molecular weight excluding hydrogens is 266 g/mol. The smallest absolute Gasteiger partial charge is 0.253 e. The zero-order valence-corrected chi connectivity index (χ0v) is 13.0. The summed E-state index contributed by atoms with van der Waals surface area (Å²) in [6.07, 6.45) is 0. The van der Waals surface area contributed by atoms with E-state index in [2.05, 4.69) is 11.8 Å². The summed E-state index contributed by atoms with van der Waals surface area (Å²) in [4.78, 5) is 14.2. The topological polar surface area (TPSA) is 49.8 Å². The highest BCUT2D eigenvalue weighted by Crippen LogP contribution is 2.12. The largest absolute Gasteiger partial charge is 0.384 e. The second-order valence-electron chi connectivity index (χ2n) is 4.57. The van der Waals surface area contributed by atoms with Crippen molar-refractivity contribution < 1.29 is 14.6 Å². The predicted molar refractivity (Wildman–Crippen MR) is 83.2 cm³/mol. The maximum atomic E-state index is 12.4. The predicted octanol–water partition coefficient (Wildman–Crippen LogP) is 1.84. The van der Waals surface area contributed by atoms with Gasteiger partial charge in [0.2, 0.25) is 0 Å². The molecule has 0 saturated carbocycles. The van der Waals surface area contributed by atoms with Crippen molar-refractivity contribution in [2.45, 2.75) is 20.8 Å². The maximum absolute atomic E-state index is 12.4. The second kappa shape index (κ2) is 9.17. The molecule has 0 fully saturated rings. The van der Waals surface area contributed by atoms with Gasteiger partial charge in [0.1, 0.15) is 6.61 Å². The Morgan fingerprint density at radius 2 is 2.14 bits per heavy atom. The van der Waals surface area contributed by atoms with Crippen LogP contribution in [0.25, 0.3) is 0 Å². The molecule has 0 aliphatic heterocycles. The molecule has 4 nitrogen and oxygen atoms in total. The number of hydrogen-bond acceptors (Lipinski definition) is 3. The number of rotatable bonds is 6. The van der Waals surface area contributed by atoms with E-state index in [1.54, 1.807) is 11.0 Å². The van der Waals surface area contributed by atoms with Gasteiger partial charge in [-0.1, -0.05) is 11.8 Å². The van der Waals surface area contributed by atoms with Gasteiger partial charge >= 0.3 is 0 Å². The van der Waals surface area contributed by atoms with E-state index in [1.807, 2.05) is 32.9 Å².